The number of hydrogen-bond donors (Lipinski definition) is 1. The zero-order chi connectivity index (χ0) is 22.4. The molecule has 1 aromatic carbocycles. The number of amides is 1. The first-order chi connectivity index (χ1) is 14.9. The summed E-state index contributed by atoms with van der Waals surface area (Å²) >= 11 is 0. The van der Waals surface area contributed by atoms with Gasteiger partial charge in [0.2, 0.25) is 0 Å². The molecule has 1 aliphatic rings. The Bertz CT molecular complexity index is 955. The number of benzene rings is 1. The summed E-state index contributed by atoms with van der Waals surface area (Å²) in [5.74, 6) is -0.439. The molecule has 7 heteroatoms. The molecule has 0 saturated carbocycles. The van der Waals surface area contributed by atoms with Crippen LogP contribution in [0.2, 0.25) is 0 Å². The second kappa shape index (κ2) is 10.2. The molecule has 0 bridgehead atoms. The Morgan fingerprint density at radius 3 is 2.58 bits per heavy atom. The number of rotatable bonds is 9. The van der Waals surface area contributed by atoms with Crippen molar-refractivity contribution in [3.05, 3.63) is 65.5 Å². The highest BCUT2D eigenvalue weighted by atomic mass is 16.5. The number of hydrogen-bond acceptors (Lipinski definition) is 6. The van der Waals surface area contributed by atoms with Crippen LogP contribution in [-0.2, 0) is 14.3 Å². The van der Waals surface area contributed by atoms with Crippen LogP contribution in [0.4, 0.5) is 0 Å². The fourth-order valence-electron chi connectivity index (χ4n) is 3.50. The van der Waals surface area contributed by atoms with Crippen molar-refractivity contribution >= 4 is 17.4 Å². The predicted octanol–water partition coefficient (Wildman–Crippen LogP) is 3.57. The molecule has 31 heavy (non-hydrogen) atoms. The smallest absolute Gasteiger partial charge is 0.295 e. The van der Waals surface area contributed by atoms with Gasteiger partial charge in [0.15, 0.2) is 0 Å². The molecule has 1 amide bonds. The third kappa shape index (κ3) is 5.11. The van der Waals surface area contributed by atoms with E-state index in [1.807, 2.05) is 24.3 Å². The second-order valence-corrected chi connectivity index (χ2v) is 7.82. The van der Waals surface area contributed by atoms with E-state index in [0.717, 1.165) is 6.42 Å². The van der Waals surface area contributed by atoms with Crippen molar-refractivity contribution in [2.45, 2.75) is 26.3 Å². The average Bonchev–Trinajstić information content (AvgIpc) is 3.02. The van der Waals surface area contributed by atoms with E-state index in [2.05, 4.69) is 18.8 Å². The first-order valence-electron chi connectivity index (χ1n) is 10.3. The van der Waals surface area contributed by atoms with Crippen LogP contribution >= 0.6 is 0 Å². The Morgan fingerprint density at radius 1 is 1.16 bits per heavy atom. The number of Topliss-reactive ketones (excluding diaryl/α,β-unsaturated/α-hetero) is 1. The van der Waals surface area contributed by atoms with Gasteiger partial charge in [0.05, 0.1) is 24.8 Å². The van der Waals surface area contributed by atoms with Crippen LogP contribution in [0.3, 0.4) is 0 Å². The Kier molecular flexibility index (Phi) is 7.41. The van der Waals surface area contributed by atoms with Gasteiger partial charge in [-0.25, -0.2) is 0 Å². The molecule has 7 nitrogen and oxygen atoms in total. The van der Waals surface area contributed by atoms with Gasteiger partial charge in [-0.2, -0.15) is 0 Å². The summed E-state index contributed by atoms with van der Waals surface area (Å²) in [7, 11) is 1.53. The number of carbonyl (C=O) groups excluding carboxylic acids is 2. The van der Waals surface area contributed by atoms with Crippen LogP contribution in [0.25, 0.3) is 5.76 Å². The molecule has 1 unspecified atom stereocenters. The Balaban J connectivity index is 2.03. The van der Waals surface area contributed by atoms with Gasteiger partial charge in [-0.15, -0.1) is 0 Å². The molecule has 0 aliphatic carbocycles. The van der Waals surface area contributed by atoms with Gasteiger partial charge < -0.3 is 19.5 Å². The fraction of sp³-hybridized carbons (Fsp3) is 0.375. The molecule has 1 aliphatic heterocycles. The van der Waals surface area contributed by atoms with Crippen LogP contribution in [0, 0.1) is 5.92 Å². The maximum atomic E-state index is 12.9. The number of aliphatic hydroxyl groups excluding tert-OH is 1. The summed E-state index contributed by atoms with van der Waals surface area (Å²) in [4.78, 5) is 31.1. The van der Waals surface area contributed by atoms with Gasteiger partial charge in [-0.1, -0.05) is 26.0 Å². The van der Waals surface area contributed by atoms with Gasteiger partial charge in [0.25, 0.3) is 11.7 Å². The number of ether oxygens (including phenoxy) is 2. The molecule has 1 N–H and O–H groups in total. The quantitative estimate of drug-likeness (QED) is 0.376. The lowest BCUT2D eigenvalue weighted by Gasteiger charge is -2.25. The van der Waals surface area contributed by atoms with Crippen molar-refractivity contribution in [2.24, 2.45) is 5.92 Å². The summed E-state index contributed by atoms with van der Waals surface area (Å²) in [5.41, 5.74) is 1.16. The van der Waals surface area contributed by atoms with E-state index in [1.54, 1.807) is 12.1 Å². The standard InChI is InChI=1S/C24H28N2O5/c1-16(2)9-13-31-19-6-4-5-18(15-19)21-20(22(27)17-7-10-25-11-8-17)23(28)24(29)26(21)12-14-30-3/h4-8,10-11,15-16,21,27H,9,12-14H2,1-3H3. The molecular formula is C24H28N2O5. The van der Waals surface area contributed by atoms with Crippen molar-refractivity contribution in [1.82, 2.24) is 9.88 Å². The SMILES string of the molecule is COCCN1C(=O)C(=O)C(=C(O)c2ccncc2)C1c1cccc(OCCC(C)C)c1. The molecule has 1 aromatic heterocycles. The minimum absolute atomic E-state index is 0.0478. The number of carbonyl (C=O) groups is 2. The lowest BCUT2D eigenvalue weighted by Crippen LogP contribution is -2.32. The number of likely N-dealkylation sites (tertiary alicyclic amines) is 1. The Hall–Kier alpha value is -3.19. The van der Waals surface area contributed by atoms with Crippen molar-refractivity contribution in [1.29, 1.82) is 0 Å². The number of nitrogens with zero attached hydrogens (tertiary/aromatic N) is 2. The lowest BCUT2D eigenvalue weighted by molar-refractivity contribution is -0.140. The summed E-state index contributed by atoms with van der Waals surface area (Å²) < 4.78 is 11.0. The van der Waals surface area contributed by atoms with Gasteiger partial charge in [-0.05, 0) is 42.2 Å². The van der Waals surface area contributed by atoms with E-state index in [-0.39, 0.29) is 24.5 Å². The van der Waals surface area contributed by atoms with Crippen LogP contribution in [-0.4, -0.2) is 53.5 Å². The van der Waals surface area contributed by atoms with Crippen LogP contribution in [0.5, 0.6) is 5.75 Å². The van der Waals surface area contributed by atoms with E-state index < -0.39 is 17.7 Å². The van der Waals surface area contributed by atoms with Crippen molar-refractivity contribution in [3.8, 4) is 5.75 Å². The summed E-state index contributed by atoms with van der Waals surface area (Å²) in [6, 6.07) is 9.76. The van der Waals surface area contributed by atoms with Crippen molar-refractivity contribution < 1.29 is 24.2 Å². The molecule has 2 heterocycles. The maximum Gasteiger partial charge on any atom is 0.295 e. The number of aliphatic hydroxyl groups is 1. The minimum Gasteiger partial charge on any atom is -0.507 e. The highest BCUT2D eigenvalue weighted by Crippen LogP contribution is 2.40. The predicted molar refractivity (Wildman–Crippen MR) is 117 cm³/mol. The number of aromatic nitrogens is 1. The Morgan fingerprint density at radius 2 is 1.90 bits per heavy atom. The molecular weight excluding hydrogens is 396 g/mol. The number of pyridine rings is 1. The van der Waals surface area contributed by atoms with Crippen LogP contribution in [0.15, 0.2) is 54.4 Å². The first-order valence-corrected chi connectivity index (χ1v) is 10.3. The summed E-state index contributed by atoms with van der Waals surface area (Å²) in [6.45, 7) is 5.31. The van der Waals surface area contributed by atoms with Gasteiger partial charge >= 0.3 is 0 Å². The molecule has 1 fully saturated rings. The molecule has 2 aromatic rings. The topological polar surface area (TPSA) is 89.0 Å². The second-order valence-electron chi connectivity index (χ2n) is 7.82. The zero-order valence-electron chi connectivity index (χ0n) is 18.1. The lowest BCUT2D eigenvalue weighted by atomic mass is 9.95. The van der Waals surface area contributed by atoms with E-state index in [1.165, 1.54) is 24.4 Å². The highest BCUT2D eigenvalue weighted by Gasteiger charge is 2.45. The highest BCUT2D eigenvalue weighted by molar-refractivity contribution is 6.46. The molecule has 1 atom stereocenters. The van der Waals surface area contributed by atoms with Crippen LogP contribution in [0.1, 0.15) is 37.4 Å². The van der Waals surface area contributed by atoms with E-state index >= 15 is 0 Å². The largest absolute Gasteiger partial charge is 0.507 e. The average molecular weight is 424 g/mol. The fourth-order valence-corrected chi connectivity index (χ4v) is 3.50. The van der Waals surface area contributed by atoms with Crippen LogP contribution < -0.4 is 4.74 Å². The van der Waals surface area contributed by atoms with E-state index in [9.17, 15) is 14.7 Å². The Labute approximate surface area is 182 Å². The maximum absolute atomic E-state index is 12.9. The summed E-state index contributed by atoms with van der Waals surface area (Å²) in [5, 5.41) is 10.9. The van der Waals surface area contributed by atoms with Gasteiger partial charge in [0.1, 0.15) is 11.5 Å². The first kappa shape index (κ1) is 22.5. The monoisotopic (exact) mass is 424 g/mol. The molecule has 3 rings (SSSR count). The minimum atomic E-state index is -0.739. The van der Waals surface area contributed by atoms with Gasteiger partial charge in [-0.3, -0.25) is 14.6 Å². The van der Waals surface area contributed by atoms with Crippen molar-refractivity contribution in [2.75, 3.05) is 26.9 Å². The van der Waals surface area contributed by atoms with Crippen molar-refractivity contribution in [3.63, 3.8) is 0 Å². The third-order valence-corrected chi connectivity index (χ3v) is 5.17. The zero-order valence-corrected chi connectivity index (χ0v) is 18.1. The number of methoxy groups -OCH3 is 1. The molecule has 164 valence electrons. The molecule has 0 radical (unpaired) electrons. The number of ketones is 1. The third-order valence-electron chi connectivity index (χ3n) is 5.17. The summed E-state index contributed by atoms with van der Waals surface area (Å²) in [6.07, 6.45) is 3.96. The van der Waals surface area contributed by atoms with Gasteiger partial charge in [0, 0.05) is 31.6 Å². The molecule has 0 spiro atoms. The normalized spacial score (nSPS) is 18.1. The molecule has 1 saturated heterocycles. The van der Waals surface area contributed by atoms with E-state index in [0.29, 0.717) is 29.4 Å². The van der Waals surface area contributed by atoms with E-state index in [4.69, 9.17) is 9.47 Å².